The van der Waals surface area contributed by atoms with Crippen LogP contribution in [0.1, 0.15) is 91.9 Å². The molecule has 0 saturated heterocycles. The van der Waals surface area contributed by atoms with Gasteiger partial charge in [0.05, 0.1) is 17.1 Å². The first kappa shape index (κ1) is 34.1. The fourth-order valence-electron chi connectivity index (χ4n) is 9.17. The van der Waals surface area contributed by atoms with Gasteiger partial charge >= 0.3 is 6.03 Å². The molecule has 3 aliphatic carbocycles. The summed E-state index contributed by atoms with van der Waals surface area (Å²) in [6, 6.07) is 3.45. The first-order valence-electron chi connectivity index (χ1n) is 16.4. The number of carbonyl (C=O) groups is 1. The molecule has 0 spiro atoms. The second-order valence-corrected chi connectivity index (χ2v) is 15.6. The molecule has 0 aliphatic heterocycles. The Balaban J connectivity index is 1.37. The Morgan fingerprint density at radius 3 is 2.49 bits per heavy atom. The first-order valence-corrected chi connectivity index (χ1v) is 17.9. The zero-order valence-corrected chi connectivity index (χ0v) is 27.0. The van der Waals surface area contributed by atoms with Crippen molar-refractivity contribution in [1.82, 2.24) is 10.0 Å². The molecule has 3 fully saturated rings. The molecule has 43 heavy (non-hydrogen) atoms. The number of benzene rings is 1. The van der Waals surface area contributed by atoms with Gasteiger partial charge in [-0.1, -0.05) is 47.0 Å². The van der Waals surface area contributed by atoms with Crippen molar-refractivity contribution >= 4 is 16.1 Å². The van der Waals surface area contributed by atoms with Crippen LogP contribution in [0, 0.1) is 52.7 Å². The Hall–Kier alpha value is -1.78. The third kappa shape index (κ3) is 7.22. The smallest absolute Gasteiger partial charge is 0.328 e. The van der Waals surface area contributed by atoms with Gasteiger partial charge in [0.15, 0.2) is 0 Å². The molecule has 4 rings (SSSR count). The highest BCUT2D eigenvalue weighted by atomic mass is 32.2. The lowest BCUT2D eigenvalue weighted by Crippen LogP contribution is -2.62. The van der Waals surface area contributed by atoms with Crippen LogP contribution in [-0.4, -0.2) is 49.6 Å². The summed E-state index contributed by atoms with van der Waals surface area (Å²) in [6.07, 6.45) is 5.93. The van der Waals surface area contributed by atoms with Crippen LogP contribution in [0.3, 0.4) is 0 Å². The van der Waals surface area contributed by atoms with Gasteiger partial charge in [-0.2, -0.15) is 0 Å². The SMILES string of the molecule is CCCCC1C(C2CCC([C@H](C)CCNC(=O)NS(=O)(=O)c3ccc(F)cc3)C2)[C@H](O)[C@H](CC)[C@@H]2[C@@H](F)[C@H](O)CC[C@]12C. The fraction of sp³-hybridized carbons (Fsp3) is 0.788. The Labute approximate surface area is 256 Å². The number of halogens is 2. The number of unbranched alkanes of at least 4 members (excludes halogenated alkanes) is 1. The van der Waals surface area contributed by atoms with Crippen molar-refractivity contribution in [3.05, 3.63) is 30.1 Å². The topological polar surface area (TPSA) is 116 Å². The lowest BCUT2D eigenvalue weighted by Gasteiger charge is -2.61. The molecule has 4 unspecified atom stereocenters. The van der Waals surface area contributed by atoms with Gasteiger partial charge < -0.3 is 15.5 Å². The average molecular weight is 627 g/mol. The second-order valence-electron chi connectivity index (χ2n) is 13.9. The van der Waals surface area contributed by atoms with Gasteiger partial charge in [0.25, 0.3) is 10.0 Å². The van der Waals surface area contributed by atoms with Crippen LogP contribution < -0.4 is 10.0 Å². The molecule has 11 atom stereocenters. The van der Waals surface area contributed by atoms with Crippen molar-refractivity contribution in [3.63, 3.8) is 0 Å². The minimum absolute atomic E-state index is 0.109. The molecule has 4 N–H and O–H groups in total. The third-order valence-electron chi connectivity index (χ3n) is 11.5. The molecular formula is C33H52F2N2O5S. The standard InChI is InChI=1S/C33H52F2N2O5S/c1-5-7-8-26-28(31(39)25(6-2)29-30(35)27(38)15-17-33(26,29)4)22-10-9-21(19-22)20(3)16-18-36-32(40)37-43(41,42)24-13-11-23(34)12-14-24/h11-14,20-22,25-31,38-39H,5-10,15-19H2,1-4H3,(H2,36,37,40)/t20-,21?,22?,25-,26?,27-,28?,29-,30+,31-,33-/m1/s1. The molecular weight excluding hydrogens is 574 g/mol. The molecule has 0 heterocycles. The molecule has 1 aromatic rings. The highest BCUT2D eigenvalue weighted by Gasteiger charge is 2.62. The van der Waals surface area contributed by atoms with E-state index in [0.717, 1.165) is 69.2 Å². The van der Waals surface area contributed by atoms with Crippen molar-refractivity contribution in [1.29, 1.82) is 0 Å². The number of aliphatic hydroxyl groups excluding tert-OH is 2. The molecule has 1 aromatic carbocycles. The predicted molar refractivity (Wildman–Crippen MR) is 163 cm³/mol. The van der Waals surface area contributed by atoms with Crippen molar-refractivity contribution in [2.24, 2.45) is 46.8 Å². The molecule has 2 amide bonds. The average Bonchev–Trinajstić information content (AvgIpc) is 3.44. The minimum Gasteiger partial charge on any atom is -0.393 e. The maximum atomic E-state index is 15.7. The molecule has 0 aromatic heterocycles. The Kier molecular flexibility index (Phi) is 11.2. The highest BCUT2D eigenvalue weighted by Crippen LogP contribution is 2.63. The molecule has 244 valence electrons. The van der Waals surface area contributed by atoms with Crippen LogP contribution in [-0.2, 0) is 10.0 Å². The largest absolute Gasteiger partial charge is 0.393 e. The quantitative estimate of drug-likeness (QED) is 0.234. The highest BCUT2D eigenvalue weighted by molar-refractivity contribution is 7.90. The third-order valence-corrected chi connectivity index (χ3v) is 12.8. The number of urea groups is 1. The van der Waals surface area contributed by atoms with Crippen LogP contribution >= 0.6 is 0 Å². The molecule has 0 bridgehead atoms. The number of hydrogen-bond acceptors (Lipinski definition) is 5. The predicted octanol–water partition coefficient (Wildman–Crippen LogP) is 6.19. The molecule has 3 saturated carbocycles. The first-order chi connectivity index (χ1) is 20.3. The van der Waals surface area contributed by atoms with Crippen molar-refractivity contribution in [2.75, 3.05) is 6.54 Å². The summed E-state index contributed by atoms with van der Waals surface area (Å²) < 4.78 is 55.6. The van der Waals surface area contributed by atoms with Crippen LogP contribution in [0.5, 0.6) is 0 Å². The number of aliphatic hydroxyl groups is 2. The zero-order chi connectivity index (χ0) is 31.5. The number of amides is 2. The van der Waals surface area contributed by atoms with E-state index in [1.807, 2.05) is 11.6 Å². The lowest BCUT2D eigenvalue weighted by molar-refractivity contribution is -0.200. The number of sulfonamides is 1. The van der Waals surface area contributed by atoms with Gasteiger partial charge in [-0.15, -0.1) is 0 Å². The van der Waals surface area contributed by atoms with E-state index in [1.54, 1.807) is 0 Å². The van der Waals surface area contributed by atoms with Gasteiger partial charge in [0, 0.05) is 12.5 Å². The van der Waals surface area contributed by atoms with E-state index < -0.39 is 40.3 Å². The van der Waals surface area contributed by atoms with Crippen LogP contribution in [0.2, 0.25) is 0 Å². The summed E-state index contributed by atoms with van der Waals surface area (Å²) in [5.41, 5.74) is -0.242. The van der Waals surface area contributed by atoms with E-state index in [2.05, 4.69) is 26.1 Å². The summed E-state index contributed by atoms with van der Waals surface area (Å²) in [7, 11) is -4.10. The number of nitrogens with one attached hydrogen (secondary N) is 2. The van der Waals surface area contributed by atoms with Crippen molar-refractivity contribution < 1.29 is 32.2 Å². The van der Waals surface area contributed by atoms with Gasteiger partial charge in [-0.3, -0.25) is 0 Å². The Morgan fingerprint density at radius 1 is 1.14 bits per heavy atom. The molecule has 7 nitrogen and oxygen atoms in total. The fourth-order valence-corrected chi connectivity index (χ4v) is 10.1. The normalized spacial score (nSPS) is 37.0. The summed E-state index contributed by atoms with van der Waals surface area (Å²) in [5, 5.41) is 25.0. The molecule has 10 heteroatoms. The zero-order valence-electron chi connectivity index (χ0n) is 26.1. The van der Waals surface area contributed by atoms with E-state index in [-0.39, 0.29) is 34.0 Å². The van der Waals surface area contributed by atoms with Gasteiger partial charge in [0.2, 0.25) is 0 Å². The van der Waals surface area contributed by atoms with E-state index >= 15 is 4.39 Å². The van der Waals surface area contributed by atoms with E-state index in [9.17, 15) is 27.8 Å². The molecule has 0 radical (unpaired) electrons. The van der Waals surface area contributed by atoms with Crippen LogP contribution in [0.25, 0.3) is 0 Å². The maximum absolute atomic E-state index is 15.7. The Morgan fingerprint density at radius 2 is 1.84 bits per heavy atom. The number of carbonyl (C=O) groups excluding carboxylic acids is 1. The monoisotopic (exact) mass is 626 g/mol. The number of rotatable bonds is 11. The van der Waals surface area contributed by atoms with Crippen molar-refractivity contribution in [3.8, 4) is 0 Å². The lowest BCUT2D eigenvalue weighted by atomic mass is 9.45. The van der Waals surface area contributed by atoms with E-state index in [4.69, 9.17) is 0 Å². The summed E-state index contributed by atoms with van der Waals surface area (Å²) in [5.74, 6) is 0.331. The number of hydrogen-bond donors (Lipinski definition) is 4. The number of alkyl halides is 1. The van der Waals surface area contributed by atoms with E-state index in [1.165, 1.54) is 0 Å². The second kappa shape index (κ2) is 14.1. The van der Waals surface area contributed by atoms with E-state index in [0.29, 0.717) is 43.6 Å². The van der Waals surface area contributed by atoms with Gasteiger partial charge in [-0.05, 0) is 110 Å². The van der Waals surface area contributed by atoms with Crippen LogP contribution in [0.15, 0.2) is 29.2 Å². The van der Waals surface area contributed by atoms with Crippen molar-refractivity contribution in [2.45, 2.75) is 115 Å². The van der Waals surface area contributed by atoms with Crippen LogP contribution in [0.4, 0.5) is 13.6 Å². The molecule has 3 aliphatic rings. The summed E-state index contributed by atoms with van der Waals surface area (Å²) >= 11 is 0. The van der Waals surface area contributed by atoms with Gasteiger partial charge in [0.1, 0.15) is 12.0 Å². The Bertz CT molecular complexity index is 1180. The van der Waals surface area contributed by atoms with Gasteiger partial charge in [-0.25, -0.2) is 26.7 Å². The minimum atomic E-state index is -4.10. The summed E-state index contributed by atoms with van der Waals surface area (Å²) in [4.78, 5) is 12.1. The number of fused-ring (bicyclic) bond motifs is 1. The maximum Gasteiger partial charge on any atom is 0.328 e. The summed E-state index contributed by atoms with van der Waals surface area (Å²) in [6.45, 7) is 8.93.